The number of carbonyl (C=O) groups is 2. The Balaban J connectivity index is 2.64. The summed E-state index contributed by atoms with van der Waals surface area (Å²) in [7, 11) is 1.57. The Morgan fingerprint density at radius 2 is 2.20 bits per heavy atom. The average Bonchev–Trinajstić information content (AvgIpc) is 2.44. The molecule has 1 aromatic rings. The topological polar surface area (TPSA) is 75.6 Å². The Bertz CT molecular complexity index is 496. The number of carboxylic acids is 1. The molecule has 0 aliphatic rings. The number of benzene rings is 1. The summed E-state index contributed by atoms with van der Waals surface area (Å²) in [6.07, 6.45) is 4.04. The minimum Gasteiger partial charge on any atom is -0.497 e. The first-order valence-electron chi connectivity index (χ1n) is 6.42. The highest BCUT2D eigenvalue weighted by molar-refractivity contribution is 5.94. The van der Waals surface area contributed by atoms with Crippen molar-refractivity contribution in [2.45, 2.75) is 25.8 Å². The number of hydrogen-bond acceptors (Lipinski definition) is 3. The monoisotopic (exact) mass is 277 g/mol. The summed E-state index contributed by atoms with van der Waals surface area (Å²) >= 11 is 0. The van der Waals surface area contributed by atoms with E-state index in [2.05, 4.69) is 5.32 Å². The van der Waals surface area contributed by atoms with E-state index >= 15 is 0 Å². The van der Waals surface area contributed by atoms with Gasteiger partial charge in [0.05, 0.1) is 7.11 Å². The molecule has 5 heteroatoms. The van der Waals surface area contributed by atoms with Crippen LogP contribution < -0.4 is 10.1 Å². The van der Waals surface area contributed by atoms with Gasteiger partial charge in [0.25, 0.3) is 0 Å². The molecule has 0 aromatic heterocycles. The van der Waals surface area contributed by atoms with Crippen LogP contribution in [-0.2, 0) is 9.59 Å². The first kappa shape index (κ1) is 15.8. The number of hydrogen-bond donors (Lipinski definition) is 2. The van der Waals surface area contributed by atoms with E-state index in [1.54, 1.807) is 25.3 Å². The van der Waals surface area contributed by atoms with Crippen molar-refractivity contribution < 1.29 is 19.4 Å². The normalized spacial score (nSPS) is 12.1. The van der Waals surface area contributed by atoms with Crippen molar-refractivity contribution in [3.63, 3.8) is 0 Å². The summed E-state index contributed by atoms with van der Waals surface area (Å²) in [5.41, 5.74) is 0.807. The van der Waals surface area contributed by atoms with Crippen LogP contribution in [0.15, 0.2) is 30.3 Å². The van der Waals surface area contributed by atoms with Gasteiger partial charge in [-0.15, -0.1) is 0 Å². The molecule has 0 radical (unpaired) electrons. The van der Waals surface area contributed by atoms with Crippen molar-refractivity contribution >= 4 is 18.0 Å². The van der Waals surface area contributed by atoms with Gasteiger partial charge in [-0.05, 0) is 30.2 Å². The summed E-state index contributed by atoms with van der Waals surface area (Å²) in [6.45, 7) is 1.87. The van der Waals surface area contributed by atoms with Crippen molar-refractivity contribution in [1.29, 1.82) is 0 Å². The molecule has 1 amide bonds. The molecular formula is C15H19NO4. The van der Waals surface area contributed by atoms with Gasteiger partial charge in [-0.3, -0.25) is 4.79 Å². The predicted octanol–water partition coefficient (Wildman–Crippen LogP) is 2.08. The molecule has 1 atom stereocenters. The minimum atomic E-state index is -1.02. The van der Waals surface area contributed by atoms with E-state index in [1.807, 2.05) is 19.1 Å². The molecular weight excluding hydrogens is 258 g/mol. The number of carboxylic acid groups (broad SMARTS) is 1. The van der Waals surface area contributed by atoms with Crippen LogP contribution in [0.25, 0.3) is 6.08 Å². The van der Waals surface area contributed by atoms with E-state index < -0.39 is 17.9 Å². The highest BCUT2D eigenvalue weighted by Crippen LogP contribution is 2.13. The molecule has 108 valence electrons. The smallest absolute Gasteiger partial charge is 0.326 e. The number of nitrogens with one attached hydrogen (secondary N) is 1. The first-order valence-corrected chi connectivity index (χ1v) is 6.42. The van der Waals surface area contributed by atoms with Gasteiger partial charge >= 0.3 is 5.97 Å². The number of aliphatic carboxylic acids is 1. The molecule has 0 spiro atoms. The summed E-state index contributed by atoms with van der Waals surface area (Å²) < 4.78 is 5.08. The lowest BCUT2D eigenvalue weighted by Gasteiger charge is -2.11. The Hall–Kier alpha value is -2.30. The van der Waals surface area contributed by atoms with E-state index in [-0.39, 0.29) is 0 Å². The molecule has 0 heterocycles. The number of ether oxygens (including phenoxy) is 1. The second-order valence-corrected chi connectivity index (χ2v) is 4.30. The van der Waals surface area contributed by atoms with Crippen LogP contribution in [0.5, 0.6) is 5.75 Å². The molecule has 5 nitrogen and oxygen atoms in total. The maximum absolute atomic E-state index is 11.7. The summed E-state index contributed by atoms with van der Waals surface area (Å²) in [5, 5.41) is 11.4. The Morgan fingerprint density at radius 3 is 2.80 bits per heavy atom. The molecule has 0 bridgehead atoms. The van der Waals surface area contributed by atoms with E-state index in [4.69, 9.17) is 9.84 Å². The maximum Gasteiger partial charge on any atom is 0.326 e. The zero-order valence-corrected chi connectivity index (χ0v) is 11.6. The molecule has 1 rings (SSSR count). The van der Waals surface area contributed by atoms with Crippen LogP contribution in [0.3, 0.4) is 0 Å². The number of rotatable bonds is 7. The average molecular weight is 277 g/mol. The number of carbonyl (C=O) groups excluding carboxylic acids is 1. The van der Waals surface area contributed by atoms with Crippen LogP contribution in [0.4, 0.5) is 0 Å². The zero-order valence-electron chi connectivity index (χ0n) is 11.6. The van der Waals surface area contributed by atoms with Gasteiger partial charge in [0.2, 0.25) is 5.91 Å². The number of amides is 1. The fraction of sp³-hybridized carbons (Fsp3) is 0.333. The van der Waals surface area contributed by atoms with Crippen LogP contribution in [0, 0.1) is 0 Å². The molecule has 0 saturated heterocycles. The molecule has 1 aromatic carbocycles. The van der Waals surface area contributed by atoms with Crippen LogP contribution in [-0.4, -0.2) is 30.1 Å². The standard InChI is InChI=1S/C15H19NO4/c1-3-5-13(15(18)19)16-14(17)9-8-11-6-4-7-12(10-11)20-2/h4,6-10,13H,3,5H2,1-2H3,(H,16,17)(H,18,19)/b9-8+/t13-/m0/s1. The quantitative estimate of drug-likeness (QED) is 0.748. The maximum atomic E-state index is 11.7. The third-order valence-corrected chi connectivity index (χ3v) is 2.71. The molecule has 20 heavy (non-hydrogen) atoms. The Labute approximate surface area is 118 Å². The van der Waals surface area contributed by atoms with E-state index in [1.165, 1.54) is 6.08 Å². The van der Waals surface area contributed by atoms with Gasteiger partial charge in [0.1, 0.15) is 11.8 Å². The summed E-state index contributed by atoms with van der Waals surface area (Å²) in [5.74, 6) is -0.745. The lowest BCUT2D eigenvalue weighted by Crippen LogP contribution is -2.39. The minimum absolute atomic E-state index is 0.411. The van der Waals surface area contributed by atoms with Gasteiger partial charge < -0.3 is 15.2 Å². The van der Waals surface area contributed by atoms with Gasteiger partial charge in [-0.25, -0.2) is 4.79 Å². The summed E-state index contributed by atoms with van der Waals surface area (Å²) in [4.78, 5) is 22.6. The van der Waals surface area contributed by atoms with E-state index in [0.29, 0.717) is 18.6 Å². The van der Waals surface area contributed by atoms with E-state index in [9.17, 15) is 9.59 Å². The largest absolute Gasteiger partial charge is 0.497 e. The molecule has 0 unspecified atom stereocenters. The Kier molecular flexibility index (Phi) is 6.29. The van der Waals surface area contributed by atoms with Crippen molar-refractivity contribution in [3.8, 4) is 5.75 Å². The third kappa shape index (κ3) is 5.14. The van der Waals surface area contributed by atoms with Crippen LogP contribution >= 0.6 is 0 Å². The first-order chi connectivity index (χ1) is 9.56. The van der Waals surface area contributed by atoms with E-state index in [0.717, 1.165) is 5.56 Å². The fourth-order valence-electron chi connectivity index (χ4n) is 1.68. The van der Waals surface area contributed by atoms with Gasteiger partial charge in [0.15, 0.2) is 0 Å². The highest BCUT2D eigenvalue weighted by Gasteiger charge is 2.17. The predicted molar refractivity (Wildman–Crippen MR) is 76.5 cm³/mol. The molecule has 0 fully saturated rings. The van der Waals surface area contributed by atoms with Crippen LogP contribution in [0.1, 0.15) is 25.3 Å². The molecule has 0 aliphatic carbocycles. The van der Waals surface area contributed by atoms with Gasteiger partial charge in [-0.1, -0.05) is 25.5 Å². The highest BCUT2D eigenvalue weighted by atomic mass is 16.5. The fourth-order valence-corrected chi connectivity index (χ4v) is 1.68. The lowest BCUT2D eigenvalue weighted by atomic mass is 10.1. The SMILES string of the molecule is CCC[C@H](NC(=O)/C=C/c1cccc(OC)c1)C(=O)O. The van der Waals surface area contributed by atoms with Crippen LogP contribution in [0.2, 0.25) is 0 Å². The third-order valence-electron chi connectivity index (χ3n) is 2.71. The summed E-state index contributed by atoms with van der Waals surface area (Å²) in [6, 6.07) is 6.38. The Morgan fingerprint density at radius 1 is 1.45 bits per heavy atom. The van der Waals surface area contributed by atoms with Crippen molar-refractivity contribution in [1.82, 2.24) is 5.32 Å². The second-order valence-electron chi connectivity index (χ2n) is 4.30. The number of methoxy groups -OCH3 is 1. The second kappa shape index (κ2) is 7.99. The van der Waals surface area contributed by atoms with Crippen molar-refractivity contribution in [3.05, 3.63) is 35.9 Å². The van der Waals surface area contributed by atoms with Gasteiger partial charge in [-0.2, -0.15) is 0 Å². The van der Waals surface area contributed by atoms with Gasteiger partial charge in [0, 0.05) is 6.08 Å². The zero-order chi connectivity index (χ0) is 15.0. The van der Waals surface area contributed by atoms with Crippen molar-refractivity contribution in [2.24, 2.45) is 0 Å². The van der Waals surface area contributed by atoms with Crippen molar-refractivity contribution in [2.75, 3.05) is 7.11 Å². The lowest BCUT2D eigenvalue weighted by molar-refractivity contribution is -0.141. The molecule has 2 N–H and O–H groups in total. The molecule has 0 aliphatic heterocycles. The molecule has 0 saturated carbocycles.